The van der Waals surface area contributed by atoms with Crippen LogP contribution >= 0.6 is 0 Å². The normalized spacial score (nSPS) is 9.15. The SMILES string of the molecule is COc1cc(F)c(F)c(N=C=O)c1. The summed E-state index contributed by atoms with van der Waals surface area (Å²) in [5.74, 6) is -2.22. The third-order valence-electron chi connectivity index (χ3n) is 1.38. The Labute approximate surface area is 72.7 Å². The fourth-order valence-corrected chi connectivity index (χ4v) is 0.799. The van der Waals surface area contributed by atoms with Crippen LogP contribution in [-0.2, 0) is 4.79 Å². The van der Waals surface area contributed by atoms with Crippen LogP contribution in [0.3, 0.4) is 0 Å². The van der Waals surface area contributed by atoms with E-state index in [1.807, 2.05) is 0 Å². The van der Waals surface area contributed by atoms with Crippen molar-refractivity contribution in [2.24, 2.45) is 4.99 Å². The van der Waals surface area contributed by atoms with Crippen LogP contribution in [0.4, 0.5) is 14.5 Å². The Morgan fingerprint density at radius 3 is 2.69 bits per heavy atom. The zero-order valence-corrected chi connectivity index (χ0v) is 6.67. The molecule has 1 rings (SSSR count). The van der Waals surface area contributed by atoms with E-state index in [0.717, 1.165) is 18.2 Å². The molecule has 0 radical (unpaired) electrons. The van der Waals surface area contributed by atoms with E-state index in [-0.39, 0.29) is 5.75 Å². The van der Waals surface area contributed by atoms with Crippen LogP contribution < -0.4 is 4.74 Å². The third-order valence-corrected chi connectivity index (χ3v) is 1.38. The first-order valence-electron chi connectivity index (χ1n) is 3.30. The van der Waals surface area contributed by atoms with Crippen LogP contribution in [0, 0.1) is 11.6 Å². The molecule has 68 valence electrons. The molecule has 0 atom stereocenters. The summed E-state index contributed by atoms with van der Waals surface area (Å²) >= 11 is 0. The number of nitrogens with zero attached hydrogens (tertiary/aromatic N) is 1. The quantitative estimate of drug-likeness (QED) is 0.521. The van der Waals surface area contributed by atoms with E-state index in [1.54, 1.807) is 0 Å². The van der Waals surface area contributed by atoms with Gasteiger partial charge in [0.15, 0.2) is 11.6 Å². The van der Waals surface area contributed by atoms with Crippen molar-refractivity contribution in [3.05, 3.63) is 23.8 Å². The number of halogens is 2. The lowest BCUT2D eigenvalue weighted by atomic mass is 10.3. The lowest BCUT2D eigenvalue weighted by Gasteiger charge is -2.01. The lowest BCUT2D eigenvalue weighted by Crippen LogP contribution is -1.88. The number of carbonyl (C=O) groups excluding carboxylic acids is 1. The molecule has 0 amide bonds. The average molecular weight is 185 g/mol. The van der Waals surface area contributed by atoms with Crippen molar-refractivity contribution in [2.45, 2.75) is 0 Å². The second-order valence-electron chi connectivity index (χ2n) is 2.15. The number of hydrogen-bond donors (Lipinski definition) is 0. The number of methoxy groups -OCH3 is 1. The maximum absolute atomic E-state index is 12.8. The van der Waals surface area contributed by atoms with Gasteiger partial charge < -0.3 is 4.74 Å². The van der Waals surface area contributed by atoms with Gasteiger partial charge in [-0.25, -0.2) is 13.6 Å². The third kappa shape index (κ3) is 1.89. The van der Waals surface area contributed by atoms with Gasteiger partial charge in [0.2, 0.25) is 6.08 Å². The molecule has 0 saturated heterocycles. The standard InChI is InChI=1S/C8H5F2NO2/c1-13-5-2-6(9)8(10)7(3-5)11-4-12/h2-3H,1H3. The van der Waals surface area contributed by atoms with Crippen LogP contribution in [0.5, 0.6) is 5.75 Å². The molecule has 0 aliphatic carbocycles. The molecule has 0 bridgehead atoms. The van der Waals surface area contributed by atoms with Crippen LogP contribution in [0.25, 0.3) is 0 Å². The van der Waals surface area contributed by atoms with Gasteiger partial charge in [-0.3, -0.25) is 0 Å². The first-order valence-corrected chi connectivity index (χ1v) is 3.30. The molecule has 1 aromatic rings. The Morgan fingerprint density at radius 2 is 2.15 bits per heavy atom. The molecule has 0 unspecified atom stereocenters. The van der Waals surface area contributed by atoms with Gasteiger partial charge in [-0.05, 0) is 0 Å². The highest BCUT2D eigenvalue weighted by Crippen LogP contribution is 2.26. The van der Waals surface area contributed by atoms with Crippen LogP contribution in [0.1, 0.15) is 0 Å². The average Bonchev–Trinajstić information content (AvgIpc) is 2.13. The molecule has 0 N–H and O–H groups in total. The number of ether oxygens (including phenoxy) is 1. The van der Waals surface area contributed by atoms with Crippen molar-refractivity contribution in [1.29, 1.82) is 0 Å². The number of isocyanates is 1. The van der Waals surface area contributed by atoms with E-state index >= 15 is 0 Å². The molecule has 0 fully saturated rings. The van der Waals surface area contributed by atoms with Crippen LogP contribution in [0.2, 0.25) is 0 Å². The fourth-order valence-electron chi connectivity index (χ4n) is 0.799. The maximum atomic E-state index is 12.8. The van der Waals surface area contributed by atoms with Crippen molar-refractivity contribution in [3.63, 3.8) is 0 Å². The molecule has 0 spiro atoms. The van der Waals surface area contributed by atoms with Gasteiger partial charge in [-0.1, -0.05) is 0 Å². The maximum Gasteiger partial charge on any atom is 0.240 e. The summed E-state index contributed by atoms with van der Waals surface area (Å²) in [6, 6.07) is 1.96. The van der Waals surface area contributed by atoms with E-state index < -0.39 is 17.3 Å². The summed E-state index contributed by atoms with van der Waals surface area (Å²) in [5.41, 5.74) is -0.424. The predicted molar refractivity (Wildman–Crippen MR) is 40.7 cm³/mol. The summed E-state index contributed by atoms with van der Waals surface area (Å²) in [5, 5.41) is 0. The molecule has 5 heteroatoms. The van der Waals surface area contributed by atoms with Crippen LogP contribution in [-0.4, -0.2) is 13.2 Å². The first kappa shape index (κ1) is 9.35. The number of rotatable bonds is 2. The molecular formula is C8H5F2NO2. The Balaban J connectivity index is 3.32. The molecule has 1 aromatic carbocycles. The second-order valence-corrected chi connectivity index (χ2v) is 2.15. The van der Waals surface area contributed by atoms with Crippen molar-refractivity contribution in [3.8, 4) is 5.75 Å². The van der Waals surface area contributed by atoms with E-state index in [9.17, 15) is 13.6 Å². The first-order chi connectivity index (χ1) is 6.19. The number of benzene rings is 1. The van der Waals surface area contributed by atoms with Gasteiger partial charge in [-0.15, -0.1) is 0 Å². The number of aliphatic imine (C=N–C) groups is 1. The van der Waals surface area contributed by atoms with Crippen molar-refractivity contribution in [2.75, 3.05) is 7.11 Å². The Morgan fingerprint density at radius 1 is 1.46 bits per heavy atom. The topological polar surface area (TPSA) is 38.7 Å². The Kier molecular flexibility index (Phi) is 2.72. The molecule has 0 heterocycles. The summed E-state index contributed by atoms with van der Waals surface area (Å²) in [6.07, 6.45) is 1.12. The predicted octanol–water partition coefficient (Wildman–Crippen LogP) is 1.94. The summed E-state index contributed by atoms with van der Waals surface area (Å²) < 4.78 is 30.1. The monoisotopic (exact) mass is 185 g/mol. The molecule has 13 heavy (non-hydrogen) atoms. The Bertz CT molecular complexity index is 373. The molecule has 3 nitrogen and oxygen atoms in total. The van der Waals surface area contributed by atoms with Crippen LogP contribution in [0.15, 0.2) is 17.1 Å². The van der Waals surface area contributed by atoms with E-state index in [0.29, 0.717) is 0 Å². The Hall–Kier alpha value is -1.74. The minimum absolute atomic E-state index is 0.0906. The van der Waals surface area contributed by atoms with Crippen molar-refractivity contribution in [1.82, 2.24) is 0 Å². The largest absolute Gasteiger partial charge is 0.497 e. The zero-order valence-electron chi connectivity index (χ0n) is 6.67. The second kappa shape index (κ2) is 3.78. The molecule has 0 aromatic heterocycles. The molecule has 0 aliphatic heterocycles. The highest BCUT2D eigenvalue weighted by Gasteiger charge is 2.10. The van der Waals surface area contributed by atoms with Gasteiger partial charge in [0.25, 0.3) is 0 Å². The molecular weight excluding hydrogens is 180 g/mol. The fraction of sp³-hybridized carbons (Fsp3) is 0.125. The molecule has 0 saturated carbocycles. The smallest absolute Gasteiger partial charge is 0.240 e. The van der Waals surface area contributed by atoms with Gasteiger partial charge in [0, 0.05) is 12.1 Å². The minimum Gasteiger partial charge on any atom is -0.497 e. The lowest BCUT2D eigenvalue weighted by molar-refractivity contribution is 0.407. The molecule has 0 aliphatic rings. The highest BCUT2D eigenvalue weighted by molar-refractivity contribution is 5.52. The number of hydrogen-bond acceptors (Lipinski definition) is 3. The van der Waals surface area contributed by atoms with Gasteiger partial charge in [0.05, 0.1) is 7.11 Å². The van der Waals surface area contributed by atoms with Crippen molar-refractivity contribution >= 4 is 11.8 Å². The van der Waals surface area contributed by atoms with E-state index in [4.69, 9.17) is 0 Å². The highest BCUT2D eigenvalue weighted by atomic mass is 19.2. The van der Waals surface area contributed by atoms with E-state index in [1.165, 1.54) is 7.11 Å². The van der Waals surface area contributed by atoms with Gasteiger partial charge in [0.1, 0.15) is 11.4 Å². The van der Waals surface area contributed by atoms with Gasteiger partial charge in [-0.2, -0.15) is 4.99 Å². The zero-order chi connectivity index (χ0) is 9.84. The summed E-state index contributed by atoms with van der Waals surface area (Å²) in [7, 11) is 1.29. The van der Waals surface area contributed by atoms with E-state index in [2.05, 4.69) is 9.73 Å². The van der Waals surface area contributed by atoms with Crippen molar-refractivity contribution < 1.29 is 18.3 Å². The van der Waals surface area contributed by atoms with Gasteiger partial charge >= 0.3 is 0 Å². The summed E-state index contributed by atoms with van der Waals surface area (Å²) in [6.45, 7) is 0. The summed E-state index contributed by atoms with van der Waals surface area (Å²) in [4.78, 5) is 12.8. The minimum atomic E-state index is -1.19.